The van der Waals surface area contributed by atoms with Crippen LogP contribution in [0.25, 0.3) is 0 Å². The third kappa shape index (κ3) is 3.14. The molecule has 0 aliphatic heterocycles. The first-order chi connectivity index (χ1) is 9.65. The zero-order valence-corrected chi connectivity index (χ0v) is 14.8. The van der Waals surface area contributed by atoms with E-state index >= 15 is 0 Å². The lowest BCUT2D eigenvalue weighted by Crippen LogP contribution is -2.29. The average Bonchev–Trinajstić information content (AvgIpc) is 2.49. The fourth-order valence-electron chi connectivity index (χ4n) is 4.13. The molecule has 0 radical (unpaired) electrons. The quantitative estimate of drug-likeness (QED) is 0.486. The summed E-state index contributed by atoms with van der Waals surface area (Å²) >= 11 is 7.18. The van der Waals surface area contributed by atoms with Crippen molar-refractivity contribution in [2.45, 2.75) is 49.8 Å². The van der Waals surface area contributed by atoms with Crippen LogP contribution in [0, 0.1) is 23.6 Å². The largest absolute Gasteiger partial charge is 0.206 e. The minimum atomic E-state index is -0.176. The van der Waals surface area contributed by atoms with E-state index in [4.69, 9.17) is 0 Å². The van der Waals surface area contributed by atoms with Gasteiger partial charge in [0.25, 0.3) is 0 Å². The van der Waals surface area contributed by atoms with Crippen molar-refractivity contribution in [1.29, 1.82) is 0 Å². The minimum absolute atomic E-state index is 0.176. The molecule has 0 heterocycles. The molecule has 2 aliphatic carbocycles. The first-order valence-corrected chi connectivity index (χ1v) is 9.45. The molecular weight excluding hydrogens is 383 g/mol. The molecule has 4 unspecified atom stereocenters. The number of hydrogen-bond acceptors (Lipinski definition) is 0. The van der Waals surface area contributed by atoms with E-state index in [1.54, 1.807) is 6.07 Å². The fraction of sp³-hybridized carbons (Fsp3) is 0.647. The highest BCUT2D eigenvalue weighted by Gasteiger charge is 2.35. The van der Waals surface area contributed by atoms with Crippen LogP contribution in [0.5, 0.6) is 0 Å². The molecule has 0 spiro atoms. The standard InChI is InChI=1S/C17H21Br2F/c18-15-10-14(7-8-16(15)20)17(19)13-6-5-11-3-1-2-4-12(11)9-13/h7-8,10-13,17H,1-6,9H2. The summed E-state index contributed by atoms with van der Waals surface area (Å²) in [5.41, 5.74) is 1.21. The number of fused-ring (bicyclic) bond motifs is 1. The van der Waals surface area contributed by atoms with E-state index in [-0.39, 0.29) is 5.82 Å². The highest BCUT2D eigenvalue weighted by molar-refractivity contribution is 9.10. The Morgan fingerprint density at radius 3 is 2.55 bits per heavy atom. The molecule has 20 heavy (non-hydrogen) atoms. The van der Waals surface area contributed by atoms with Gasteiger partial charge in [0.15, 0.2) is 0 Å². The van der Waals surface area contributed by atoms with Gasteiger partial charge in [-0.3, -0.25) is 0 Å². The molecule has 3 heteroatoms. The molecule has 0 nitrogen and oxygen atoms in total. The normalized spacial score (nSPS) is 31.6. The summed E-state index contributed by atoms with van der Waals surface area (Å²) in [7, 11) is 0. The van der Waals surface area contributed by atoms with Gasteiger partial charge in [0.2, 0.25) is 0 Å². The van der Waals surface area contributed by atoms with Crippen molar-refractivity contribution in [3.05, 3.63) is 34.1 Å². The van der Waals surface area contributed by atoms with Crippen molar-refractivity contribution in [2.24, 2.45) is 17.8 Å². The molecule has 2 aliphatic rings. The molecule has 2 saturated carbocycles. The van der Waals surface area contributed by atoms with Crippen LogP contribution >= 0.6 is 31.9 Å². The van der Waals surface area contributed by atoms with Gasteiger partial charge in [-0.1, -0.05) is 47.7 Å². The summed E-state index contributed by atoms with van der Waals surface area (Å²) < 4.78 is 13.9. The predicted molar refractivity (Wildman–Crippen MR) is 88.6 cm³/mol. The van der Waals surface area contributed by atoms with Gasteiger partial charge < -0.3 is 0 Å². The molecule has 0 amide bonds. The van der Waals surface area contributed by atoms with Gasteiger partial charge in [-0.15, -0.1) is 0 Å². The van der Waals surface area contributed by atoms with Gasteiger partial charge >= 0.3 is 0 Å². The maximum absolute atomic E-state index is 13.4. The maximum Gasteiger partial charge on any atom is 0.137 e. The van der Waals surface area contributed by atoms with E-state index < -0.39 is 0 Å². The van der Waals surface area contributed by atoms with Gasteiger partial charge in [0, 0.05) is 4.83 Å². The van der Waals surface area contributed by atoms with Gasteiger partial charge in [0.05, 0.1) is 4.47 Å². The lowest BCUT2D eigenvalue weighted by molar-refractivity contribution is 0.129. The molecular formula is C17H21Br2F. The maximum atomic E-state index is 13.4. The summed E-state index contributed by atoms with van der Waals surface area (Å²) in [6.07, 6.45) is 9.78. The van der Waals surface area contributed by atoms with Crippen LogP contribution in [0.1, 0.15) is 55.3 Å². The third-order valence-corrected chi connectivity index (χ3v) is 7.14. The molecule has 110 valence electrons. The van der Waals surface area contributed by atoms with Crippen LogP contribution in [0.2, 0.25) is 0 Å². The first kappa shape index (κ1) is 15.0. The van der Waals surface area contributed by atoms with Gasteiger partial charge in [-0.25, -0.2) is 4.39 Å². The van der Waals surface area contributed by atoms with E-state index in [1.165, 1.54) is 50.5 Å². The molecule has 3 rings (SSSR count). The number of alkyl halides is 1. The molecule has 1 aromatic rings. The van der Waals surface area contributed by atoms with Gasteiger partial charge in [-0.05, 0) is 70.6 Å². The van der Waals surface area contributed by atoms with Crippen LogP contribution < -0.4 is 0 Å². The Balaban J connectivity index is 1.70. The molecule has 0 saturated heterocycles. The van der Waals surface area contributed by atoms with Gasteiger partial charge in [0.1, 0.15) is 5.82 Å². The summed E-state index contributed by atoms with van der Waals surface area (Å²) in [5.74, 6) is 2.45. The highest BCUT2D eigenvalue weighted by Crippen LogP contribution is 2.48. The number of halogens is 3. The Hall–Kier alpha value is 0.110. The zero-order chi connectivity index (χ0) is 14.1. The fourth-order valence-corrected chi connectivity index (χ4v) is 5.29. The minimum Gasteiger partial charge on any atom is -0.206 e. The Morgan fingerprint density at radius 1 is 1.05 bits per heavy atom. The van der Waals surface area contributed by atoms with Crippen molar-refractivity contribution in [3.63, 3.8) is 0 Å². The molecule has 4 atom stereocenters. The zero-order valence-electron chi connectivity index (χ0n) is 11.6. The Morgan fingerprint density at radius 2 is 1.80 bits per heavy atom. The molecule has 0 aromatic heterocycles. The topological polar surface area (TPSA) is 0 Å². The highest BCUT2D eigenvalue weighted by atomic mass is 79.9. The average molecular weight is 404 g/mol. The summed E-state index contributed by atoms with van der Waals surface area (Å²) in [6.45, 7) is 0. The van der Waals surface area contributed by atoms with Gasteiger partial charge in [-0.2, -0.15) is 0 Å². The third-order valence-electron chi connectivity index (χ3n) is 5.26. The van der Waals surface area contributed by atoms with E-state index in [0.29, 0.717) is 15.2 Å². The second-order valence-electron chi connectivity index (χ2n) is 6.45. The van der Waals surface area contributed by atoms with E-state index in [0.717, 1.165) is 11.8 Å². The second-order valence-corrected chi connectivity index (χ2v) is 8.29. The lowest BCUT2D eigenvalue weighted by atomic mass is 9.66. The van der Waals surface area contributed by atoms with Crippen LogP contribution in [-0.4, -0.2) is 0 Å². The Labute approximate surface area is 137 Å². The summed E-state index contributed by atoms with van der Waals surface area (Å²) in [5, 5.41) is 0. The van der Waals surface area contributed by atoms with Crippen LogP contribution in [0.4, 0.5) is 4.39 Å². The van der Waals surface area contributed by atoms with Crippen LogP contribution in [0.15, 0.2) is 22.7 Å². The van der Waals surface area contributed by atoms with Crippen molar-refractivity contribution in [2.75, 3.05) is 0 Å². The second kappa shape index (κ2) is 6.48. The Kier molecular flexibility index (Phi) is 4.86. The molecule has 0 bridgehead atoms. The van der Waals surface area contributed by atoms with Crippen LogP contribution in [0.3, 0.4) is 0 Å². The van der Waals surface area contributed by atoms with Crippen molar-refractivity contribution < 1.29 is 4.39 Å². The van der Waals surface area contributed by atoms with Crippen LogP contribution in [-0.2, 0) is 0 Å². The smallest absolute Gasteiger partial charge is 0.137 e. The number of hydrogen-bond donors (Lipinski definition) is 0. The first-order valence-electron chi connectivity index (χ1n) is 7.74. The van der Waals surface area contributed by atoms with E-state index in [1.807, 2.05) is 12.1 Å². The van der Waals surface area contributed by atoms with Crippen molar-refractivity contribution in [1.82, 2.24) is 0 Å². The summed E-state index contributed by atoms with van der Waals surface area (Å²) in [6, 6.07) is 5.42. The lowest BCUT2D eigenvalue weighted by Gasteiger charge is -2.41. The summed E-state index contributed by atoms with van der Waals surface area (Å²) in [4.78, 5) is 0.363. The number of benzene rings is 1. The predicted octanol–water partition coefficient (Wildman–Crippen LogP) is 6.63. The number of rotatable bonds is 2. The Bertz CT molecular complexity index is 474. The molecule has 1 aromatic carbocycles. The monoisotopic (exact) mass is 402 g/mol. The van der Waals surface area contributed by atoms with Crippen molar-refractivity contribution in [3.8, 4) is 0 Å². The van der Waals surface area contributed by atoms with Crippen molar-refractivity contribution >= 4 is 31.9 Å². The molecule has 2 fully saturated rings. The van der Waals surface area contributed by atoms with E-state index in [2.05, 4.69) is 31.9 Å². The van der Waals surface area contributed by atoms with E-state index in [9.17, 15) is 4.39 Å². The SMILES string of the molecule is Fc1ccc(C(Br)C2CCC3CCCCC3C2)cc1Br. The molecule has 0 N–H and O–H groups in total.